The maximum Gasteiger partial charge on any atom is 0.274 e. The van der Waals surface area contributed by atoms with E-state index in [1.807, 2.05) is 68.4 Å². The van der Waals surface area contributed by atoms with Crippen molar-refractivity contribution in [2.75, 3.05) is 5.32 Å². The molecular weight excluding hydrogens is 413 g/mol. The molecule has 0 aliphatic rings. The quantitative estimate of drug-likeness (QED) is 0.329. The maximum absolute atomic E-state index is 14.2. The molecule has 0 radical (unpaired) electrons. The number of nitrogens with one attached hydrogen (secondary N) is 2. The van der Waals surface area contributed by atoms with Crippen molar-refractivity contribution in [1.82, 2.24) is 9.97 Å². The largest absolute Gasteiger partial charge is 0.353 e. The number of fused-ring (bicyclic) bond motifs is 3. The van der Waals surface area contributed by atoms with Crippen molar-refractivity contribution in [3.05, 3.63) is 107 Å². The lowest BCUT2D eigenvalue weighted by Crippen LogP contribution is -2.16. The summed E-state index contributed by atoms with van der Waals surface area (Å²) < 4.78 is 14.2. The second-order valence-corrected chi connectivity index (χ2v) is 8.36. The zero-order chi connectivity index (χ0) is 22.9. The van der Waals surface area contributed by atoms with E-state index in [1.165, 1.54) is 6.07 Å². The van der Waals surface area contributed by atoms with Gasteiger partial charge in [0.25, 0.3) is 5.91 Å². The van der Waals surface area contributed by atoms with Crippen molar-refractivity contribution in [2.45, 2.75) is 26.7 Å². The van der Waals surface area contributed by atoms with Gasteiger partial charge in [-0.05, 0) is 61.6 Å². The minimum atomic E-state index is -0.258. The molecule has 0 aliphatic heterocycles. The molecule has 3 aromatic carbocycles. The van der Waals surface area contributed by atoms with Gasteiger partial charge in [0.15, 0.2) is 0 Å². The van der Waals surface area contributed by atoms with Gasteiger partial charge < -0.3 is 10.3 Å². The average Bonchev–Trinajstić information content (AvgIpc) is 3.19. The predicted molar refractivity (Wildman–Crippen MR) is 131 cm³/mol. The summed E-state index contributed by atoms with van der Waals surface area (Å²) in [6, 6.07) is 22.5. The van der Waals surface area contributed by atoms with Crippen LogP contribution in [0.5, 0.6) is 0 Å². The Labute approximate surface area is 191 Å². The van der Waals surface area contributed by atoms with Crippen molar-refractivity contribution in [2.24, 2.45) is 0 Å². The van der Waals surface area contributed by atoms with Gasteiger partial charge in [0.05, 0.1) is 11.2 Å². The highest BCUT2D eigenvalue weighted by atomic mass is 19.1. The molecule has 5 heteroatoms. The number of hydrogen-bond acceptors (Lipinski definition) is 2. The van der Waals surface area contributed by atoms with Crippen LogP contribution in [-0.2, 0) is 12.8 Å². The summed E-state index contributed by atoms with van der Waals surface area (Å²) in [4.78, 5) is 21.4. The Balaban J connectivity index is 1.58. The van der Waals surface area contributed by atoms with Gasteiger partial charge in [-0.25, -0.2) is 9.37 Å². The van der Waals surface area contributed by atoms with Gasteiger partial charge in [0.2, 0.25) is 0 Å². The van der Waals surface area contributed by atoms with Crippen LogP contribution < -0.4 is 5.32 Å². The molecule has 1 amide bonds. The number of carbonyl (C=O) groups excluding carboxylic acids is 1. The van der Waals surface area contributed by atoms with Crippen LogP contribution in [0.25, 0.3) is 21.8 Å². The molecule has 2 aromatic heterocycles. The summed E-state index contributed by atoms with van der Waals surface area (Å²) in [6.45, 7) is 3.94. The van der Waals surface area contributed by atoms with Crippen LogP contribution in [0, 0.1) is 19.7 Å². The van der Waals surface area contributed by atoms with Gasteiger partial charge in [-0.3, -0.25) is 4.79 Å². The van der Waals surface area contributed by atoms with Gasteiger partial charge in [-0.2, -0.15) is 0 Å². The average molecular weight is 438 g/mol. The van der Waals surface area contributed by atoms with Gasteiger partial charge in [0, 0.05) is 22.0 Å². The minimum Gasteiger partial charge on any atom is -0.353 e. The van der Waals surface area contributed by atoms with Crippen LogP contribution in [0.2, 0.25) is 0 Å². The van der Waals surface area contributed by atoms with E-state index in [1.54, 1.807) is 12.1 Å². The molecule has 4 nitrogen and oxygen atoms in total. The number of para-hydroxylation sites is 2. The Morgan fingerprint density at radius 1 is 0.909 bits per heavy atom. The standard InChI is InChI=1S/C28H24FN3O/c1-17-8-7-9-18(2)26(17)32-28(33)25-16-21-20-11-4-6-13-23(20)31-27(21)24(30-25)15-14-19-10-3-5-12-22(19)29/h3-13,16,31H,14-15H2,1-2H3,(H,32,33). The Bertz CT molecular complexity index is 1480. The predicted octanol–water partition coefficient (Wildman–Crippen LogP) is 6.51. The number of H-pyrrole nitrogens is 1. The van der Waals surface area contributed by atoms with Crippen LogP contribution in [0.15, 0.2) is 72.8 Å². The van der Waals surface area contributed by atoms with E-state index < -0.39 is 0 Å². The van der Waals surface area contributed by atoms with E-state index in [0.717, 1.165) is 44.3 Å². The Kier molecular flexibility index (Phi) is 5.38. The Morgan fingerprint density at radius 2 is 1.64 bits per heavy atom. The third-order valence-electron chi connectivity index (χ3n) is 6.11. The lowest BCUT2D eigenvalue weighted by Gasteiger charge is -2.12. The first-order chi connectivity index (χ1) is 16.0. The van der Waals surface area contributed by atoms with E-state index in [9.17, 15) is 9.18 Å². The normalized spacial score (nSPS) is 11.2. The van der Waals surface area contributed by atoms with Crippen molar-refractivity contribution in [1.29, 1.82) is 0 Å². The molecule has 0 saturated heterocycles. The highest BCUT2D eigenvalue weighted by Gasteiger charge is 2.17. The summed E-state index contributed by atoms with van der Waals surface area (Å²) in [6.07, 6.45) is 1.00. The molecule has 0 atom stereocenters. The van der Waals surface area contributed by atoms with Crippen LogP contribution in [-0.4, -0.2) is 15.9 Å². The number of anilines is 1. The Morgan fingerprint density at radius 3 is 2.42 bits per heavy atom. The van der Waals surface area contributed by atoms with E-state index in [4.69, 9.17) is 4.98 Å². The summed E-state index contributed by atoms with van der Waals surface area (Å²) in [5, 5.41) is 5.01. The molecule has 164 valence electrons. The lowest BCUT2D eigenvalue weighted by atomic mass is 10.0. The fourth-order valence-corrected chi connectivity index (χ4v) is 4.35. The number of aryl methyl sites for hydroxylation is 4. The molecule has 0 bridgehead atoms. The summed E-state index contributed by atoms with van der Waals surface area (Å²) in [5.74, 6) is -0.485. The second-order valence-electron chi connectivity index (χ2n) is 8.36. The highest BCUT2D eigenvalue weighted by molar-refractivity contribution is 6.12. The van der Waals surface area contributed by atoms with Gasteiger partial charge >= 0.3 is 0 Å². The molecule has 0 spiro atoms. The molecule has 0 aliphatic carbocycles. The SMILES string of the molecule is Cc1cccc(C)c1NC(=O)c1cc2c([nH]c3ccccc32)c(CCc2ccccc2F)n1. The molecule has 0 unspecified atom stereocenters. The number of carbonyl (C=O) groups is 1. The molecule has 5 rings (SSSR count). The number of aromatic amines is 1. The van der Waals surface area contributed by atoms with Crippen molar-refractivity contribution in [3.8, 4) is 0 Å². The number of hydrogen-bond donors (Lipinski definition) is 2. The monoisotopic (exact) mass is 437 g/mol. The fourth-order valence-electron chi connectivity index (χ4n) is 4.35. The third-order valence-corrected chi connectivity index (χ3v) is 6.11. The number of aromatic nitrogens is 2. The van der Waals surface area contributed by atoms with Crippen LogP contribution >= 0.6 is 0 Å². The van der Waals surface area contributed by atoms with Gasteiger partial charge in [-0.1, -0.05) is 54.6 Å². The molecule has 0 fully saturated rings. The zero-order valence-electron chi connectivity index (χ0n) is 18.6. The van der Waals surface area contributed by atoms with Crippen molar-refractivity contribution >= 4 is 33.4 Å². The first-order valence-electron chi connectivity index (χ1n) is 11.0. The van der Waals surface area contributed by atoms with Crippen LogP contribution in [0.1, 0.15) is 32.9 Å². The zero-order valence-corrected chi connectivity index (χ0v) is 18.6. The van der Waals surface area contributed by atoms with Gasteiger partial charge in [-0.15, -0.1) is 0 Å². The molecule has 2 N–H and O–H groups in total. The van der Waals surface area contributed by atoms with E-state index in [-0.39, 0.29) is 11.7 Å². The number of rotatable bonds is 5. The molecule has 0 saturated carbocycles. The Hall–Kier alpha value is -3.99. The first kappa shape index (κ1) is 20.9. The molecular formula is C28H24FN3O. The van der Waals surface area contributed by atoms with Gasteiger partial charge in [0.1, 0.15) is 11.5 Å². The summed E-state index contributed by atoms with van der Waals surface area (Å²) in [5.41, 5.74) is 6.39. The smallest absolute Gasteiger partial charge is 0.274 e. The van der Waals surface area contributed by atoms with E-state index in [0.29, 0.717) is 24.1 Å². The maximum atomic E-state index is 14.2. The lowest BCUT2D eigenvalue weighted by molar-refractivity contribution is 0.102. The molecule has 2 heterocycles. The highest BCUT2D eigenvalue weighted by Crippen LogP contribution is 2.29. The van der Waals surface area contributed by atoms with E-state index in [2.05, 4.69) is 10.3 Å². The van der Waals surface area contributed by atoms with Crippen LogP contribution in [0.4, 0.5) is 10.1 Å². The molecule has 5 aromatic rings. The van der Waals surface area contributed by atoms with Crippen LogP contribution in [0.3, 0.4) is 0 Å². The fraction of sp³-hybridized carbons (Fsp3) is 0.143. The minimum absolute atomic E-state index is 0.227. The number of nitrogens with zero attached hydrogens (tertiary/aromatic N) is 1. The van der Waals surface area contributed by atoms with Crippen molar-refractivity contribution < 1.29 is 9.18 Å². The van der Waals surface area contributed by atoms with E-state index >= 15 is 0 Å². The first-order valence-corrected chi connectivity index (χ1v) is 11.0. The number of pyridine rings is 1. The number of amides is 1. The topological polar surface area (TPSA) is 57.8 Å². The number of halogens is 1. The number of benzene rings is 3. The summed E-state index contributed by atoms with van der Waals surface area (Å²) in [7, 11) is 0. The molecule has 33 heavy (non-hydrogen) atoms. The third kappa shape index (κ3) is 3.98. The second kappa shape index (κ2) is 8.51. The summed E-state index contributed by atoms with van der Waals surface area (Å²) >= 11 is 0. The van der Waals surface area contributed by atoms with Crippen molar-refractivity contribution in [3.63, 3.8) is 0 Å².